The summed E-state index contributed by atoms with van der Waals surface area (Å²) in [6.45, 7) is 4.48. The van der Waals surface area contributed by atoms with E-state index >= 15 is 0 Å². The van der Waals surface area contributed by atoms with Crippen LogP contribution >= 0.6 is 0 Å². The van der Waals surface area contributed by atoms with Crippen molar-refractivity contribution >= 4 is 0 Å². The Kier molecular flexibility index (Phi) is 3.40. The van der Waals surface area contributed by atoms with Crippen LogP contribution in [0.1, 0.15) is 50.7 Å². The molecule has 0 amide bonds. The van der Waals surface area contributed by atoms with E-state index in [0.29, 0.717) is 18.0 Å². The highest BCUT2D eigenvalue weighted by Gasteiger charge is 2.43. The molecule has 2 nitrogen and oxygen atoms in total. The molecule has 2 bridgehead atoms. The zero-order valence-electron chi connectivity index (χ0n) is 12.0. The molecule has 1 aromatic carbocycles. The summed E-state index contributed by atoms with van der Waals surface area (Å²) in [6.07, 6.45) is 5.27. The van der Waals surface area contributed by atoms with E-state index in [-0.39, 0.29) is 0 Å². The molecule has 2 unspecified atom stereocenters. The van der Waals surface area contributed by atoms with E-state index in [9.17, 15) is 5.11 Å². The molecular weight excluding hydrogens is 234 g/mol. The van der Waals surface area contributed by atoms with Crippen LogP contribution in [-0.2, 0) is 12.0 Å². The predicted molar refractivity (Wildman–Crippen MR) is 78.1 cm³/mol. The number of nitrogens with one attached hydrogen (secondary N) is 1. The van der Waals surface area contributed by atoms with Crippen molar-refractivity contribution in [3.63, 3.8) is 0 Å². The van der Waals surface area contributed by atoms with Crippen molar-refractivity contribution in [2.24, 2.45) is 5.92 Å². The van der Waals surface area contributed by atoms with Crippen LogP contribution in [0.2, 0.25) is 0 Å². The maximum atomic E-state index is 11.0. The van der Waals surface area contributed by atoms with E-state index in [4.69, 9.17) is 0 Å². The van der Waals surface area contributed by atoms with Gasteiger partial charge in [0.1, 0.15) is 0 Å². The van der Waals surface area contributed by atoms with Crippen molar-refractivity contribution in [2.45, 2.75) is 63.6 Å². The molecule has 0 spiro atoms. The fourth-order valence-corrected chi connectivity index (χ4v) is 3.82. The monoisotopic (exact) mass is 259 g/mol. The van der Waals surface area contributed by atoms with E-state index in [0.717, 1.165) is 24.8 Å². The number of fused-ring (bicyclic) bond motifs is 2. The molecule has 0 aromatic heterocycles. The number of hydrogen-bond donors (Lipinski definition) is 2. The van der Waals surface area contributed by atoms with Crippen LogP contribution in [0.3, 0.4) is 0 Å². The molecule has 2 heterocycles. The third-order valence-corrected chi connectivity index (χ3v) is 4.61. The SMILES string of the molecule is CC(C)Cc1cccc(C2(O)CC3CCC(C2)N3)c1. The van der Waals surface area contributed by atoms with E-state index < -0.39 is 5.60 Å². The Hall–Kier alpha value is -0.860. The molecule has 104 valence electrons. The summed E-state index contributed by atoms with van der Waals surface area (Å²) in [7, 11) is 0. The molecule has 2 saturated heterocycles. The van der Waals surface area contributed by atoms with E-state index in [1.54, 1.807) is 0 Å². The van der Waals surface area contributed by atoms with Gasteiger partial charge in [-0.1, -0.05) is 38.1 Å². The minimum absolute atomic E-state index is 0.512. The Morgan fingerprint density at radius 2 is 1.95 bits per heavy atom. The number of piperidine rings is 1. The van der Waals surface area contributed by atoms with Crippen molar-refractivity contribution in [3.8, 4) is 0 Å². The summed E-state index contributed by atoms with van der Waals surface area (Å²) in [5.41, 5.74) is 1.88. The maximum absolute atomic E-state index is 11.0. The van der Waals surface area contributed by atoms with Crippen molar-refractivity contribution in [1.82, 2.24) is 5.32 Å². The second kappa shape index (κ2) is 4.92. The van der Waals surface area contributed by atoms with Gasteiger partial charge < -0.3 is 10.4 Å². The molecule has 1 aromatic rings. The van der Waals surface area contributed by atoms with Gasteiger partial charge in [-0.05, 0) is 49.1 Å². The molecule has 2 aliphatic heterocycles. The van der Waals surface area contributed by atoms with Gasteiger partial charge in [-0.2, -0.15) is 0 Å². The molecule has 2 fully saturated rings. The molecule has 3 rings (SSSR count). The first-order valence-electron chi connectivity index (χ1n) is 7.63. The maximum Gasteiger partial charge on any atom is 0.0926 e. The number of rotatable bonds is 3. The van der Waals surface area contributed by atoms with Crippen molar-refractivity contribution < 1.29 is 5.11 Å². The number of aliphatic hydroxyl groups is 1. The molecule has 0 saturated carbocycles. The second-order valence-corrected chi connectivity index (χ2v) is 6.88. The van der Waals surface area contributed by atoms with Gasteiger partial charge in [0.25, 0.3) is 0 Å². The van der Waals surface area contributed by atoms with Crippen LogP contribution < -0.4 is 5.32 Å². The highest BCUT2D eigenvalue weighted by Crippen LogP contribution is 2.40. The average Bonchev–Trinajstić information content (AvgIpc) is 2.69. The average molecular weight is 259 g/mol. The van der Waals surface area contributed by atoms with Crippen LogP contribution in [0.25, 0.3) is 0 Å². The summed E-state index contributed by atoms with van der Waals surface area (Å²) in [4.78, 5) is 0. The summed E-state index contributed by atoms with van der Waals surface area (Å²) < 4.78 is 0. The largest absolute Gasteiger partial charge is 0.385 e. The highest BCUT2D eigenvalue weighted by atomic mass is 16.3. The Morgan fingerprint density at radius 3 is 2.58 bits per heavy atom. The molecular formula is C17H25NO. The van der Waals surface area contributed by atoms with Crippen LogP contribution in [0.15, 0.2) is 24.3 Å². The van der Waals surface area contributed by atoms with E-state index in [1.807, 2.05) is 0 Å². The molecule has 2 aliphatic rings. The second-order valence-electron chi connectivity index (χ2n) is 6.88. The Labute approximate surface area is 116 Å². The van der Waals surface area contributed by atoms with Crippen molar-refractivity contribution in [3.05, 3.63) is 35.4 Å². The predicted octanol–water partition coefficient (Wildman–Crippen LogP) is 2.99. The van der Waals surface area contributed by atoms with E-state index in [1.165, 1.54) is 18.4 Å². The summed E-state index contributed by atoms with van der Waals surface area (Å²) in [5, 5.41) is 14.6. The van der Waals surface area contributed by atoms with Gasteiger partial charge in [-0.15, -0.1) is 0 Å². The minimum Gasteiger partial charge on any atom is -0.385 e. The lowest BCUT2D eigenvalue weighted by Crippen LogP contribution is -2.46. The van der Waals surface area contributed by atoms with Gasteiger partial charge >= 0.3 is 0 Å². The summed E-state index contributed by atoms with van der Waals surface area (Å²) in [6, 6.07) is 9.65. The van der Waals surface area contributed by atoms with Crippen LogP contribution in [0.5, 0.6) is 0 Å². The zero-order chi connectivity index (χ0) is 13.5. The van der Waals surface area contributed by atoms with Gasteiger partial charge in [0.15, 0.2) is 0 Å². The fraction of sp³-hybridized carbons (Fsp3) is 0.647. The topological polar surface area (TPSA) is 32.3 Å². The first-order chi connectivity index (χ1) is 9.05. The Morgan fingerprint density at radius 1 is 1.26 bits per heavy atom. The summed E-state index contributed by atoms with van der Waals surface area (Å²) in [5.74, 6) is 0.661. The van der Waals surface area contributed by atoms with Crippen molar-refractivity contribution in [1.29, 1.82) is 0 Å². The summed E-state index contributed by atoms with van der Waals surface area (Å²) >= 11 is 0. The lowest BCUT2D eigenvalue weighted by Gasteiger charge is -2.37. The van der Waals surface area contributed by atoms with Gasteiger partial charge in [0.2, 0.25) is 0 Å². The van der Waals surface area contributed by atoms with Gasteiger partial charge in [0, 0.05) is 12.1 Å². The van der Waals surface area contributed by atoms with Gasteiger partial charge in [-0.3, -0.25) is 0 Å². The molecule has 0 aliphatic carbocycles. The number of benzene rings is 1. The van der Waals surface area contributed by atoms with Gasteiger partial charge in [-0.25, -0.2) is 0 Å². The molecule has 2 atom stereocenters. The molecule has 0 radical (unpaired) electrons. The highest BCUT2D eigenvalue weighted by molar-refractivity contribution is 5.30. The van der Waals surface area contributed by atoms with Crippen LogP contribution in [-0.4, -0.2) is 17.2 Å². The smallest absolute Gasteiger partial charge is 0.0926 e. The third kappa shape index (κ3) is 2.70. The quantitative estimate of drug-likeness (QED) is 0.874. The third-order valence-electron chi connectivity index (χ3n) is 4.61. The lowest BCUT2D eigenvalue weighted by atomic mass is 9.80. The first-order valence-corrected chi connectivity index (χ1v) is 7.63. The first kappa shape index (κ1) is 13.1. The van der Waals surface area contributed by atoms with E-state index in [2.05, 4.69) is 43.4 Å². The normalized spacial score (nSPS) is 33.9. The number of hydrogen-bond acceptors (Lipinski definition) is 2. The van der Waals surface area contributed by atoms with Crippen molar-refractivity contribution in [2.75, 3.05) is 0 Å². The lowest BCUT2D eigenvalue weighted by molar-refractivity contribution is -0.0115. The Balaban J connectivity index is 1.84. The zero-order valence-corrected chi connectivity index (χ0v) is 12.0. The van der Waals surface area contributed by atoms with Crippen LogP contribution in [0, 0.1) is 5.92 Å². The molecule has 2 N–H and O–H groups in total. The standard InChI is InChI=1S/C17H25NO/c1-12(2)8-13-4-3-5-14(9-13)17(19)10-15-6-7-16(11-17)18-15/h3-5,9,12,15-16,18-19H,6-8,10-11H2,1-2H3. The molecule has 19 heavy (non-hydrogen) atoms. The molecule has 2 heteroatoms. The minimum atomic E-state index is -0.607. The van der Waals surface area contributed by atoms with Crippen LogP contribution in [0.4, 0.5) is 0 Å². The fourth-order valence-electron chi connectivity index (χ4n) is 3.82. The Bertz CT molecular complexity index is 442. The van der Waals surface area contributed by atoms with Gasteiger partial charge in [0.05, 0.1) is 5.60 Å².